The van der Waals surface area contributed by atoms with Gasteiger partial charge in [0.15, 0.2) is 0 Å². The summed E-state index contributed by atoms with van der Waals surface area (Å²) in [6.45, 7) is 0.628. The van der Waals surface area contributed by atoms with Crippen LogP contribution < -0.4 is 0 Å². The Morgan fingerprint density at radius 2 is 1.56 bits per heavy atom. The first kappa shape index (κ1) is 12.4. The van der Waals surface area contributed by atoms with Gasteiger partial charge in [-0.3, -0.25) is 4.79 Å². The zero-order valence-electron chi connectivity index (χ0n) is 10.4. The molecule has 2 heteroatoms. The molecule has 0 unspecified atom stereocenters. The maximum absolute atomic E-state index is 12.0. The second kappa shape index (κ2) is 6.01. The van der Waals surface area contributed by atoms with E-state index in [0.29, 0.717) is 6.54 Å². The van der Waals surface area contributed by atoms with Crippen LogP contribution in [0.2, 0.25) is 0 Å². The van der Waals surface area contributed by atoms with Crippen molar-refractivity contribution in [2.75, 3.05) is 7.05 Å². The van der Waals surface area contributed by atoms with Crippen molar-refractivity contribution < 1.29 is 4.79 Å². The van der Waals surface area contributed by atoms with Gasteiger partial charge in [0.2, 0.25) is 5.91 Å². The van der Waals surface area contributed by atoms with Crippen molar-refractivity contribution in [3.8, 4) is 0 Å². The number of likely N-dealkylation sites (N-methyl/N-ethyl adjacent to an activating group) is 1. The molecule has 0 aliphatic carbocycles. The van der Waals surface area contributed by atoms with Crippen molar-refractivity contribution in [2.24, 2.45) is 0 Å². The van der Waals surface area contributed by atoms with E-state index in [9.17, 15) is 4.79 Å². The Morgan fingerprint density at radius 3 is 2.17 bits per heavy atom. The second-order valence-electron chi connectivity index (χ2n) is 4.23. The van der Waals surface area contributed by atoms with Crippen LogP contribution in [0.25, 0.3) is 0 Å². The first-order chi connectivity index (χ1) is 8.75. The van der Waals surface area contributed by atoms with Gasteiger partial charge in [-0.25, -0.2) is 0 Å². The summed E-state index contributed by atoms with van der Waals surface area (Å²) in [5.41, 5.74) is 2.07. The Balaban J connectivity index is 1.93. The Hall–Kier alpha value is -2.09. The third-order valence-electron chi connectivity index (χ3n) is 2.73. The van der Waals surface area contributed by atoms with Gasteiger partial charge in [0.05, 0.1) is 6.42 Å². The molecule has 1 amide bonds. The summed E-state index contributed by atoms with van der Waals surface area (Å²) in [5, 5.41) is 0. The molecule has 2 aromatic carbocycles. The molecule has 18 heavy (non-hydrogen) atoms. The van der Waals surface area contributed by atoms with Gasteiger partial charge in [-0.1, -0.05) is 60.7 Å². The van der Waals surface area contributed by atoms with Crippen LogP contribution in [-0.2, 0) is 11.3 Å². The summed E-state index contributed by atoms with van der Waals surface area (Å²) in [6.07, 6.45) is 1.66. The second-order valence-corrected chi connectivity index (χ2v) is 4.23. The Kier molecular flexibility index (Phi) is 4.13. The van der Waals surface area contributed by atoms with Gasteiger partial charge in [-0.05, 0) is 11.1 Å². The first-order valence-corrected chi connectivity index (χ1v) is 5.94. The Labute approximate surface area is 108 Å². The molecule has 0 atom stereocenters. The van der Waals surface area contributed by atoms with Crippen LogP contribution in [0.1, 0.15) is 11.1 Å². The Morgan fingerprint density at radius 1 is 1.00 bits per heavy atom. The van der Waals surface area contributed by atoms with Crippen LogP contribution in [0.5, 0.6) is 0 Å². The van der Waals surface area contributed by atoms with Gasteiger partial charge in [0.25, 0.3) is 0 Å². The molecule has 2 aromatic rings. The van der Waals surface area contributed by atoms with E-state index >= 15 is 0 Å². The summed E-state index contributed by atoms with van der Waals surface area (Å²) >= 11 is 0. The van der Waals surface area contributed by atoms with Crippen molar-refractivity contribution in [1.29, 1.82) is 0 Å². The van der Waals surface area contributed by atoms with E-state index < -0.39 is 0 Å². The molecule has 0 spiro atoms. The fourth-order valence-electron chi connectivity index (χ4n) is 1.74. The van der Waals surface area contributed by atoms with Gasteiger partial charge >= 0.3 is 0 Å². The molecule has 0 heterocycles. The van der Waals surface area contributed by atoms with Crippen LogP contribution in [0.15, 0.2) is 60.7 Å². The lowest BCUT2D eigenvalue weighted by Crippen LogP contribution is -2.26. The quantitative estimate of drug-likeness (QED) is 0.802. The summed E-state index contributed by atoms with van der Waals surface area (Å²) in [5.74, 6) is 0.0186. The average molecular weight is 238 g/mol. The van der Waals surface area contributed by atoms with Crippen LogP contribution in [0, 0.1) is 6.42 Å². The van der Waals surface area contributed by atoms with Crippen molar-refractivity contribution in [2.45, 2.75) is 6.54 Å². The van der Waals surface area contributed by atoms with Gasteiger partial charge < -0.3 is 4.90 Å². The number of nitrogens with zero attached hydrogens (tertiary/aromatic N) is 1. The standard InChI is InChI=1S/C16H16NO/c1-17(13-15-10-6-3-7-11-15)16(18)12-14-8-4-2-5-9-14/h2-12H,13H2,1H3. The molecular weight excluding hydrogens is 222 g/mol. The van der Waals surface area contributed by atoms with E-state index in [0.717, 1.165) is 11.1 Å². The van der Waals surface area contributed by atoms with Gasteiger partial charge in [0, 0.05) is 13.6 Å². The molecule has 1 radical (unpaired) electrons. The summed E-state index contributed by atoms with van der Waals surface area (Å²) in [6, 6.07) is 19.6. The molecule has 0 aliphatic heterocycles. The zero-order chi connectivity index (χ0) is 12.8. The minimum Gasteiger partial charge on any atom is -0.341 e. The molecule has 0 saturated carbocycles. The van der Waals surface area contributed by atoms with Gasteiger partial charge in [-0.2, -0.15) is 0 Å². The first-order valence-electron chi connectivity index (χ1n) is 5.94. The highest BCUT2D eigenvalue weighted by molar-refractivity contribution is 5.88. The third-order valence-corrected chi connectivity index (χ3v) is 2.73. The predicted octanol–water partition coefficient (Wildman–Crippen LogP) is 2.90. The zero-order valence-corrected chi connectivity index (χ0v) is 10.4. The van der Waals surface area contributed by atoms with E-state index in [2.05, 4.69) is 0 Å². The number of benzene rings is 2. The predicted molar refractivity (Wildman–Crippen MR) is 72.8 cm³/mol. The number of amides is 1. The van der Waals surface area contributed by atoms with E-state index in [-0.39, 0.29) is 5.91 Å². The molecule has 0 N–H and O–H groups in total. The van der Waals surface area contributed by atoms with Crippen molar-refractivity contribution >= 4 is 5.91 Å². The molecule has 0 aromatic heterocycles. The monoisotopic (exact) mass is 238 g/mol. The highest BCUT2D eigenvalue weighted by Gasteiger charge is 2.10. The topological polar surface area (TPSA) is 20.3 Å². The average Bonchev–Trinajstić information content (AvgIpc) is 2.41. The van der Waals surface area contributed by atoms with Crippen LogP contribution in [0.4, 0.5) is 0 Å². The summed E-state index contributed by atoms with van der Waals surface area (Å²) < 4.78 is 0. The molecule has 0 bridgehead atoms. The Bertz CT molecular complexity index is 493. The van der Waals surface area contributed by atoms with E-state index in [1.54, 1.807) is 11.3 Å². The fraction of sp³-hybridized carbons (Fsp3) is 0.125. The van der Waals surface area contributed by atoms with E-state index in [4.69, 9.17) is 0 Å². The molecule has 2 nitrogen and oxygen atoms in total. The third kappa shape index (κ3) is 3.45. The smallest absolute Gasteiger partial charge is 0.231 e. The van der Waals surface area contributed by atoms with E-state index in [1.165, 1.54) is 0 Å². The highest BCUT2D eigenvalue weighted by Crippen LogP contribution is 2.07. The summed E-state index contributed by atoms with van der Waals surface area (Å²) in [7, 11) is 1.81. The minimum atomic E-state index is 0.0186. The lowest BCUT2D eigenvalue weighted by molar-refractivity contribution is -0.126. The fourth-order valence-corrected chi connectivity index (χ4v) is 1.74. The number of carbonyl (C=O) groups is 1. The molecule has 0 fully saturated rings. The number of hydrogen-bond acceptors (Lipinski definition) is 1. The lowest BCUT2D eigenvalue weighted by Gasteiger charge is -2.17. The summed E-state index contributed by atoms with van der Waals surface area (Å²) in [4.78, 5) is 13.7. The maximum atomic E-state index is 12.0. The highest BCUT2D eigenvalue weighted by atomic mass is 16.2. The number of rotatable bonds is 4. The van der Waals surface area contributed by atoms with Crippen LogP contribution >= 0.6 is 0 Å². The number of hydrogen-bond donors (Lipinski definition) is 0. The van der Waals surface area contributed by atoms with Crippen LogP contribution in [0.3, 0.4) is 0 Å². The molecule has 0 aliphatic rings. The lowest BCUT2D eigenvalue weighted by atomic mass is 10.1. The SMILES string of the molecule is CN(Cc1ccccc1)C(=O)[CH]c1ccccc1. The number of carbonyl (C=O) groups excluding carboxylic acids is 1. The van der Waals surface area contributed by atoms with Gasteiger partial charge in [0.1, 0.15) is 0 Å². The largest absolute Gasteiger partial charge is 0.341 e. The minimum absolute atomic E-state index is 0.0186. The molecule has 0 saturated heterocycles. The molecule has 2 rings (SSSR count). The van der Waals surface area contributed by atoms with Gasteiger partial charge in [-0.15, -0.1) is 0 Å². The van der Waals surface area contributed by atoms with Crippen molar-refractivity contribution in [3.05, 3.63) is 78.2 Å². The maximum Gasteiger partial charge on any atom is 0.231 e. The molecule has 91 valence electrons. The van der Waals surface area contributed by atoms with E-state index in [1.807, 2.05) is 67.7 Å². The van der Waals surface area contributed by atoms with Crippen molar-refractivity contribution in [3.63, 3.8) is 0 Å². The normalized spacial score (nSPS) is 10.1. The van der Waals surface area contributed by atoms with Crippen LogP contribution in [-0.4, -0.2) is 17.9 Å². The molecular formula is C16H16NO. The van der Waals surface area contributed by atoms with Crippen molar-refractivity contribution in [1.82, 2.24) is 4.90 Å².